The molecule has 0 bridgehead atoms. The van der Waals surface area contributed by atoms with E-state index in [-0.39, 0.29) is 22.8 Å². The Morgan fingerprint density at radius 3 is 2.46 bits per heavy atom. The van der Waals surface area contributed by atoms with E-state index < -0.39 is 32.8 Å². The Morgan fingerprint density at radius 1 is 1.12 bits per heavy atom. The van der Waals surface area contributed by atoms with Crippen LogP contribution in [-0.2, 0) is 6.54 Å². The molecule has 0 spiro atoms. The van der Waals surface area contributed by atoms with Gasteiger partial charge in [-0.15, -0.1) is 0 Å². The fraction of sp³-hybridized carbons (Fsp3) is 0.0714. The van der Waals surface area contributed by atoms with E-state index in [1.165, 1.54) is 18.2 Å². The van der Waals surface area contributed by atoms with Crippen LogP contribution < -0.4 is 5.32 Å². The van der Waals surface area contributed by atoms with Gasteiger partial charge in [-0.25, -0.2) is 4.39 Å². The normalized spacial score (nSPS) is 10.2. The number of nitrogens with one attached hydrogen (secondary N) is 1. The predicted molar refractivity (Wildman–Crippen MR) is 82.3 cm³/mol. The molecular weight excluding hydrogens is 345 g/mol. The summed E-state index contributed by atoms with van der Waals surface area (Å²) in [7, 11) is 0. The lowest BCUT2D eigenvalue weighted by molar-refractivity contribution is -0.385. The van der Waals surface area contributed by atoms with Gasteiger partial charge in [0.2, 0.25) is 0 Å². The lowest BCUT2D eigenvalue weighted by atomic mass is 10.1. The summed E-state index contributed by atoms with van der Waals surface area (Å²) in [5.74, 6) is -1.71. The molecular formula is C14H9ClFN3O5. The maximum absolute atomic E-state index is 13.2. The molecule has 2 aromatic rings. The molecule has 0 aromatic heterocycles. The van der Waals surface area contributed by atoms with E-state index in [1.54, 1.807) is 0 Å². The zero-order chi connectivity index (χ0) is 17.9. The first-order chi connectivity index (χ1) is 11.3. The highest BCUT2D eigenvalue weighted by Gasteiger charge is 2.21. The maximum Gasteiger partial charge on any atom is 0.282 e. The van der Waals surface area contributed by atoms with E-state index in [4.69, 9.17) is 11.6 Å². The zero-order valence-corrected chi connectivity index (χ0v) is 12.6. The minimum absolute atomic E-state index is 0.176. The van der Waals surface area contributed by atoms with Gasteiger partial charge in [0.05, 0.1) is 9.85 Å². The molecule has 0 saturated carbocycles. The molecule has 8 nitrogen and oxygen atoms in total. The number of amides is 1. The van der Waals surface area contributed by atoms with Gasteiger partial charge in [-0.1, -0.05) is 11.6 Å². The van der Waals surface area contributed by atoms with Gasteiger partial charge in [0, 0.05) is 29.8 Å². The molecule has 0 aliphatic rings. The lowest BCUT2D eigenvalue weighted by Gasteiger charge is -2.07. The van der Waals surface area contributed by atoms with Gasteiger partial charge in [0.15, 0.2) is 0 Å². The van der Waals surface area contributed by atoms with Crippen molar-refractivity contribution in [2.75, 3.05) is 0 Å². The van der Waals surface area contributed by atoms with E-state index in [0.29, 0.717) is 0 Å². The quantitative estimate of drug-likeness (QED) is 0.654. The Hall–Kier alpha value is -3.07. The van der Waals surface area contributed by atoms with E-state index in [0.717, 1.165) is 18.2 Å². The number of carbonyl (C=O) groups excluding carboxylic acids is 1. The molecule has 0 fully saturated rings. The summed E-state index contributed by atoms with van der Waals surface area (Å²) in [6.07, 6.45) is 0. The Bertz CT molecular complexity index is 843. The van der Waals surface area contributed by atoms with E-state index in [1.807, 2.05) is 0 Å². The number of benzene rings is 2. The van der Waals surface area contributed by atoms with Gasteiger partial charge in [-0.05, 0) is 23.8 Å². The summed E-state index contributed by atoms with van der Waals surface area (Å²) >= 11 is 5.90. The maximum atomic E-state index is 13.2. The van der Waals surface area contributed by atoms with Crippen molar-refractivity contribution >= 4 is 28.9 Å². The number of nitro groups is 2. The number of hydrogen-bond acceptors (Lipinski definition) is 5. The van der Waals surface area contributed by atoms with Crippen LogP contribution in [0.3, 0.4) is 0 Å². The van der Waals surface area contributed by atoms with Crippen molar-refractivity contribution in [2.24, 2.45) is 0 Å². The van der Waals surface area contributed by atoms with Crippen LogP contribution >= 0.6 is 11.6 Å². The number of halogens is 2. The van der Waals surface area contributed by atoms with Crippen molar-refractivity contribution in [2.45, 2.75) is 6.54 Å². The molecule has 1 amide bonds. The highest BCUT2D eigenvalue weighted by atomic mass is 35.5. The third-order valence-corrected chi connectivity index (χ3v) is 3.45. The molecule has 0 aliphatic carbocycles. The van der Waals surface area contributed by atoms with Gasteiger partial charge in [0.1, 0.15) is 11.4 Å². The van der Waals surface area contributed by atoms with Crippen molar-refractivity contribution in [1.29, 1.82) is 0 Å². The van der Waals surface area contributed by atoms with Crippen molar-refractivity contribution in [3.05, 3.63) is 78.6 Å². The average Bonchev–Trinajstić information content (AvgIpc) is 2.53. The Morgan fingerprint density at radius 2 is 1.83 bits per heavy atom. The molecule has 2 aromatic carbocycles. The summed E-state index contributed by atoms with van der Waals surface area (Å²) in [6, 6.07) is 6.15. The molecule has 0 atom stereocenters. The molecule has 0 unspecified atom stereocenters. The van der Waals surface area contributed by atoms with Crippen LogP contribution in [0.4, 0.5) is 15.8 Å². The molecule has 124 valence electrons. The second kappa shape index (κ2) is 7.01. The van der Waals surface area contributed by atoms with E-state index in [2.05, 4.69) is 5.32 Å². The van der Waals surface area contributed by atoms with Crippen LogP contribution in [-0.4, -0.2) is 15.8 Å². The van der Waals surface area contributed by atoms with Crippen molar-refractivity contribution in [1.82, 2.24) is 5.32 Å². The Labute approximate surface area is 139 Å². The number of rotatable bonds is 5. The van der Waals surface area contributed by atoms with Crippen LogP contribution in [0.1, 0.15) is 15.9 Å². The molecule has 24 heavy (non-hydrogen) atoms. The minimum Gasteiger partial charge on any atom is -0.348 e. The highest BCUT2D eigenvalue weighted by Crippen LogP contribution is 2.23. The number of non-ortho nitro benzene ring substituents is 1. The third-order valence-electron chi connectivity index (χ3n) is 3.08. The fourth-order valence-corrected chi connectivity index (χ4v) is 2.11. The van der Waals surface area contributed by atoms with Gasteiger partial charge in [0.25, 0.3) is 17.3 Å². The van der Waals surface area contributed by atoms with Gasteiger partial charge >= 0.3 is 0 Å². The second-order valence-electron chi connectivity index (χ2n) is 4.63. The zero-order valence-electron chi connectivity index (χ0n) is 11.9. The van der Waals surface area contributed by atoms with E-state index >= 15 is 0 Å². The number of nitrogens with zero attached hydrogens (tertiary/aromatic N) is 2. The molecule has 0 radical (unpaired) electrons. The smallest absolute Gasteiger partial charge is 0.282 e. The van der Waals surface area contributed by atoms with Crippen LogP contribution in [0.5, 0.6) is 0 Å². The first kappa shape index (κ1) is 17.3. The molecule has 0 aliphatic heterocycles. The molecule has 2 rings (SSSR count). The SMILES string of the molecule is O=C(NCc1cc([N+](=O)[O-])ccc1Cl)c1cc(F)ccc1[N+](=O)[O-]. The predicted octanol–water partition coefficient (Wildman–Crippen LogP) is 3.23. The summed E-state index contributed by atoms with van der Waals surface area (Å²) < 4.78 is 13.2. The Kier molecular flexibility index (Phi) is 5.05. The summed E-state index contributed by atoms with van der Waals surface area (Å²) in [5, 5.41) is 24.1. The topological polar surface area (TPSA) is 115 Å². The summed E-state index contributed by atoms with van der Waals surface area (Å²) in [5.41, 5.74) is -0.987. The first-order valence-electron chi connectivity index (χ1n) is 6.44. The standard InChI is InChI=1S/C14H9ClFN3O5/c15-12-3-2-10(18(21)22)5-8(12)7-17-14(20)11-6-9(16)1-4-13(11)19(23)24/h1-6H,7H2,(H,17,20). The van der Waals surface area contributed by atoms with Crippen LogP contribution in [0, 0.1) is 26.0 Å². The van der Waals surface area contributed by atoms with Crippen LogP contribution in [0.2, 0.25) is 5.02 Å². The minimum atomic E-state index is -0.899. The Balaban J connectivity index is 2.23. The summed E-state index contributed by atoms with van der Waals surface area (Å²) in [4.78, 5) is 32.3. The van der Waals surface area contributed by atoms with Crippen LogP contribution in [0.25, 0.3) is 0 Å². The van der Waals surface area contributed by atoms with Gasteiger partial charge < -0.3 is 5.32 Å². The molecule has 10 heteroatoms. The molecule has 1 N–H and O–H groups in total. The lowest BCUT2D eigenvalue weighted by Crippen LogP contribution is -2.24. The van der Waals surface area contributed by atoms with Gasteiger partial charge in [-0.2, -0.15) is 0 Å². The summed E-state index contributed by atoms with van der Waals surface area (Å²) in [6.45, 7) is -0.215. The average molecular weight is 354 g/mol. The van der Waals surface area contributed by atoms with Gasteiger partial charge in [-0.3, -0.25) is 25.0 Å². The van der Waals surface area contributed by atoms with Crippen LogP contribution in [0.15, 0.2) is 36.4 Å². The fourth-order valence-electron chi connectivity index (χ4n) is 1.93. The largest absolute Gasteiger partial charge is 0.348 e. The molecule has 0 saturated heterocycles. The monoisotopic (exact) mass is 353 g/mol. The molecule has 0 heterocycles. The van der Waals surface area contributed by atoms with E-state index in [9.17, 15) is 29.4 Å². The highest BCUT2D eigenvalue weighted by molar-refractivity contribution is 6.31. The first-order valence-corrected chi connectivity index (χ1v) is 6.82. The number of nitro benzene ring substituents is 2. The third kappa shape index (κ3) is 3.82. The van der Waals surface area contributed by atoms with Crippen molar-refractivity contribution in [3.63, 3.8) is 0 Å². The number of carbonyl (C=O) groups is 1. The number of hydrogen-bond donors (Lipinski definition) is 1. The van der Waals surface area contributed by atoms with Crippen molar-refractivity contribution in [3.8, 4) is 0 Å². The van der Waals surface area contributed by atoms with Crippen molar-refractivity contribution < 1.29 is 19.0 Å². The second-order valence-corrected chi connectivity index (χ2v) is 5.04.